The van der Waals surface area contributed by atoms with Gasteiger partial charge in [-0.05, 0) is 66.6 Å². The van der Waals surface area contributed by atoms with Crippen LogP contribution in [0.25, 0.3) is 0 Å². The molecule has 0 atom stereocenters. The van der Waals surface area contributed by atoms with E-state index in [0.29, 0.717) is 19.3 Å². The summed E-state index contributed by atoms with van der Waals surface area (Å²) in [4.78, 5) is 13.0. The molecule has 3 fully saturated rings. The van der Waals surface area contributed by atoms with Crippen molar-refractivity contribution < 1.29 is 21.6 Å². The van der Waals surface area contributed by atoms with Crippen LogP contribution in [0.5, 0.6) is 0 Å². The Hall–Kier alpha value is -2.90. The Morgan fingerprint density at radius 1 is 0.971 bits per heavy atom. The fourth-order valence-corrected chi connectivity index (χ4v) is 6.41. The molecule has 10 heteroatoms. The Labute approximate surface area is 200 Å². The van der Waals surface area contributed by atoms with Crippen molar-refractivity contribution in [2.45, 2.75) is 60.8 Å². The van der Waals surface area contributed by atoms with E-state index in [1.54, 1.807) is 18.2 Å². The second-order valence-corrected chi connectivity index (χ2v) is 14.2. The summed E-state index contributed by atoms with van der Waals surface area (Å²) in [6.45, 7) is 5.94. The van der Waals surface area contributed by atoms with Crippen LogP contribution in [-0.2, 0) is 25.3 Å². The summed E-state index contributed by atoms with van der Waals surface area (Å²) in [5.74, 6) is -0.406. The van der Waals surface area contributed by atoms with E-state index < -0.39 is 31.3 Å². The summed E-state index contributed by atoms with van der Waals surface area (Å²) in [5.41, 5.74) is 0.139. The van der Waals surface area contributed by atoms with Gasteiger partial charge in [-0.15, -0.1) is 0 Å². The van der Waals surface area contributed by atoms with Gasteiger partial charge >= 0.3 is 0 Å². The van der Waals surface area contributed by atoms with Crippen LogP contribution in [0.4, 0.5) is 5.69 Å². The van der Waals surface area contributed by atoms with Crippen LogP contribution in [0.2, 0.25) is 0 Å². The summed E-state index contributed by atoms with van der Waals surface area (Å²) in [5, 5.41) is 12.2. The fourth-order valence-electron chi connectivity index (χ4n) is 4.71. The van der Waals surface area contributed by atoms with Crippen LogP contribution in [0.15, 0.2) is 52.3 Å². The van der Waals surface area contributed by atoms with Crippen LogP contribution in [0.3, 0.4) is 0 Å². The van der Waals surface area contributed by atoms with Gasteiger partial charge in [0.1, 0.15) is 0 Å². The topological polar surface area (TPSA) is 133 Å². The van der Waals surface area contributed by atoms with Crippen LogP contribution in [-0.4, -0.2) is 34.5 Å². The van der Waals surface area contributed by atoms with Crippen molar-refractivity contribution >= 4 is 31.5 Å². The van der Waals surface area contributed by atoms with Gasteiger partial charge in [0, 0.05) is 11.8 Å². The molecular formula is C24H27N3O5S2. The van der Waals surface area contributed by atoms with Crippen molar-refractivity contribution in [2.24, 2.45) is 5.41 Å². The van der Waals surface area contributed by atoms with Gasteiger partial charge in [0.15, 0.2) is 9.84 Å². The summed E-state index contributed by atoms with van der Waals surface area (Å²) >= 11 is 0. The summed E-state index contributed by atoms with van der Waals surface area (Å²) in [6, 6.07) is 12.3. The van der Waals surface area contributed by atoms with E-state index >= 15 is 0 Å². The van der Waals surface area contributed by atoms with E-state index in [1.165, 1.54) is 24.3 Å². The highest BCUT2D eigenvalue weighted by Crippen LogP contribution is 2.66. The standard InChI is InChI=1S/C24H27N3O5S2/c1-22(2,3)16-5-10-19(21(28)26-24-12-23(13-24,14-24)15-25)20(11-16)27-34(31,32)18-8-6-17(7-9-18)33(4,29)30/h5-11,27H,12-14H2,1-4H3,(H,26,28). The van der Waals surface area contributed by atoms with Gasteiger partial charge < -0.3 is 5.32 Å². The van der Waals surface area contributed by atoms with E-state index in [1.807, 2.05) is 20.8 Å². The summed E-state index contributed by atoms with van der Waals surface area (Å²) in [7, 11) is -7.57. The Kier molecular flexibility index (Phi) is 5.38. The van der Waals surface area contributed by atoms with E-state index in [4.69, 9.17) is 0 Å². The molecule has 0 spiro atoms. The lowest BCUT2D eigenvalue weighted by atomic mass is 9.40. The second-order valence-electron chi connectivity index (χ2n) is 10.5. The minimum Gasteiger partial charge on any atom is -0.346 e. The quantitative estimate of drug-likeness (QED) is 0.623. The number of sulfone groups is 1. The number of amides is 1. The van der Waals surface area contributed by atoms with Gasteiger partial charge in [-0.25, -0.2) is 16.8 Å². The molecule has 0 heterocycles. The van der Waals surface area contributed by atoms with Crippen LogP contribution >= 0.6 is 0 Å². The molecule has 2 aromatic rings. The normalized spacial score (nSPS) is 23.7. The number of nitriles is 1. The summed E-state index contributed by atoms with van der Waals surface area (Å²) < 4.78 is 52.1. The number of nitrogens with zero attached hydrogens (tertiary/aromatic N) is 1. The zero-order valence-corrected chi connectivity index (χ0v) is 21.1. The third-order valence-corrected chi connectivity index (χ3v) is 9.09. The van der Waals surface area contributed by atoms with Crippen molar-refractivity contribution in [2.75, 3.05) is 11.0 Å². The van der Waals surface area contributed by atoms with Gasteiger partial charge in [0.25, 0.3) is 15.9 Å². The monoisotopic (exact) mass is 501 g/mol. The number of nitrogens with one attached hydrogen (secondary N) is 2. The molecule has 0 saturated heterocycles. The molecule has 2 aromatic carbocycles. The molecular weight excluding hydrogens is 474 g/mol. The molecule has 0 aromatic heterocycles. The lowest BCUT2D eigenvalue weighted by Crippen LogP contribution is -2.74. The maximum Gasteiger partial charge on any atom is 0.261 e. The number of benzene rings is 2. The number of sulfonamides is 1. The zero-order valence-electron chi connectivity index (χ0n) is 19.5. The van der Waals surface area contributed by atoms with Crippen molar-refractivity contribution in [1.29, 1.82) is 5.26 Å². The Balaban J connectivity index is 1.65. The molecule has 3 saturated carbocycles. The molecule has 3 aliphatic rings. The van der Waals surface area contributed by atoms with Gasteiger partial charge in [-0.1, -0.05) is 26.8 Å². The lowest BCUT2D eigenvalue weighted by molar-refractivity contribution is -0.102. The van der Waals surface area contributed by atoms with E-state index in [9.17, 15) is 26.9 Å². The van der Waals surface area contributed by atoms with Gasteiger partial charge in [-0.3, -0.25) is 9.52 Å². The highest BCUT2D eigenvalue weighted by molar-refractivity contribution is 7.92. The molecule has 1 amide bonds. The maximum atomic E-state index is 13.1. The Morgan fingerprint density at radius 2 is 1.53 bits per heavy atom. The van der Waals surface area contributed by atoms with Gasteiger partial charge in [-0.2, -0.15) is 5.26 Å². The van der Waals surface area contributed by atoms with E-state index in [0.717, 1.165) is 11.8 Å². The first kappa shape index (κ1) is 24.2. The molecule has 0 unspecified atom stereocenters. The second kappa shape index (κ2) is 7.55. The molecule has 2 bridgehead atoms. The number of carbonyl (C=O) groups excluding carboxylic acids is 1. The van der Waals surface area contributed by atoms with Crippen LogP contribution in [0, 0.1) is 16.7 Å². The predicted octanol–water partition coefficient (Wildman–Crippen LogP) is 3.36. The minimum atomic E-state index is -4.10. The number of rotatable bonds is 6. The zero-order chi connectivity index (χ0) is 25.2. The largest absolute Gasteiger partial charge is 0.346 e. The molecule has 8 nitrogen and oxygen atoms in total. The molecule has 0 aliphatic heterocycles. The third kappa shape index (κ3) is 4.30. The average Bonchev–Trinajstić information content (AvgIpc) is 2.67. The van der Waals surface area contributed by atoms with Crippen molar-refractivity contribution in [3.8, 4) is 6.07 Å². The van der Waals surface area contributed by atoms with Gasteiger partial charge in [0.05, 0.1) is 32.5 Å². The lowest BCUT2D eigenvalue weighted by Gasteiger charge is -2.66. The van der Waals surface area contributed by atoms with E-state index in [-0.39, 0.29) is 31.9 Å². The first-order chi connectivity index (χ1) is 15.6. The molecule has 3 aliphatic carbocycles. The predicted molar refractivity (Wildman–Crippen MR) is 128 cm³/mol. The maximum absolute atomic E-state index is 13.1. The first-order valence-electron chi connectivity index (χ1n) is 10.8. The molecule has 2 N–H and O–H groups in total. The smallest absolute Gasteiger partial charge is 0.261 e. The molecule has 180 valence electrons. The van der Waals surface area contributed by atoms with Crippen molar-refractivity contribution in [1.82, 2.24) is 5.32 Å². The number of hydrogen-bond acceptors (Lipinski definition) is 6. The SMILES string of the molecule is CC(C)(C)c1ccc(C(=O)NC23CC(C#N)(C2)C3)c(NS(=O)(=O)c2ccc(S(C)(=O)=O)cc2)c1. The minimum absolute atomic E-state index is 0.00921. The van der Waals surface area contributed by atoms with Crippen LogP contribution in [0.1, 0.15) is 56.0 Å². The third-order valence-electron chi connectivity index (χ3n) is 6.58. The molecule has 34 heavy (non-hydrogen) atoms. The number of hydrogen-bond donors (Lipinski definition) is 2. The molecule has 5 rings (SSSR count). The van der Waals surface area contributed by atoms with Crippen molar-refractivity contribution in [3.63, 3.8) is 0 Å². The first-order valence-corrected chi connectivity index (χ1v) is 14.2. The van der Waals surface area contributed by atoms with Crippen LogP contribution < -0.4 is 10.0 Å². The number of carbonyl (C=O) groups is 1. The highest BCUT2D eigenvalue weighted by Gasteiger charge is 2.69. The summed E-state index contributed by atoms with van der Waals surface area (Å²) in [6.07, 6.45) is 2.87. The molecule has 0 radical (unpaired) electrons. The number of anilines is 1. The van der Waals surface area contributed by atoms with Gasteiger partial charge in [0.2, 0.25) is 0 Å². The Morgan fingerprint density at radius 3 is 2.03 bits per heavy atom. The Bertz CT molecular complexity index is 1410. The van der Waals surface area contributed by atoms with E-state index in [2.05, 4.69) is 16.1 Å². The van der Waals surface area contributed by atoms with Crippen molar-refractivity contribution in [3.05, 3.63) is 53.6 Å². The average molecular weight is 502 g/mol. The highest BCUT2D eigenvalue weighted by atomic mass is 32.2. The fraction of sp³-hybridized carbons (Fsp3) is 0.417.